The van der Waals surface area contributed by atoms with Crippen LogP contribution >= 0.6 is 11.3 Å². The number of amides is 1. The van der Waals surface area contributed by atoms with Crippen molar-refractivity contribution in [3.63, 3.8) is 0 Å². The van der Waals surface area contributed by atoms with Crippen molar-refractivity contribution < 1.29 is 13.2 Å². The van der Waals surface area contributed by atoms with Crippen molar-refractivity contribution in [3.05, 3.63) is 35.9 Å². The largest absolute Gasteiger partial charge is 0.296 e. The maximum atomic E-state index is 12.3. The zero-order valence-corrected chi connectivity index (χ0v) is 13.2. The number of benzene rings is 1. The minimum atomic E-state index is -3.59. The van der Waals surface area contributed by atoms with E-state index in [0.29, 0.717) is 18.7 Å². The molecule has 7 nitrogen and oxygen atoms in total. The fraction of sp³-hybridized carbons (Fsp3) is 0.308. The molecule has 0 unspecified atom stereocenters. The summed E-state index contributed by atoms with van der Waals surface area (Å²) in [5.74, 6) is -0.345. The number of carbonyl (C=O) groups excluding carboxylic acids is 1. The Labute approximate surface area is 132 Å². The maximum Gasteiger partial charge on any atom is 0.272 e. The lowest BCUT2D eigenvalue weighted by Gasteiger charge is -2.11. The van der Waals surface area contributed by atoms with Crippen LogP contribution < -0.4 is 5.32 Å². The summed E-state index contributed by atoms with van der Waals surface area (Å²) in [6, 6.07) is 8.63. The molecule has 1 aliphatic rings. The number of hydrogen-bond donors (Lipinski definition) is 1. The smallest absolute Gasteiger partial charge is 0.272 e. The van der Waals surface area contributed by atoms with Crippen molar-refractivity contribution in [2.24, 2.45) is 0 Å². The molecule has 0 spiro atoms. The molecule has 2 aromatic rings. The molecule has 1 aromatic heterocycles. The highest BCUT2D eigenvalue weighted by Crippen LogP contribution is 2.26. The number of nitrogens with zero attached hydrogens (tertiary/aromatic N) is 3. The van der Waals surface area contributed by atoms with E-state index >= 15 is 0 Å². The van der Waals surface area contributed by atoms with Gasteiger partial charge in [-0.25, -0.2) is 8.42 Å². The van der Waals surface area contributed by atoms with E-state index in [0.717, 1.165) is 24.2 Å². The van der Waals surface area contributed by atoms with E-state index in [9.17, 15) is 13.2 Å². The SMILES string of the molecule is O=C(Nc1nnc(S(=O)(=O)N2CCCC2)s1)c1ccccc1. The van der Waals surface area contributed by atoms with Crippen LogP contribution in [0, 0.1) is 0 Å². The molecule has 1 aliphatic heterocycles. The Balaban J connectivity index is 1.75. The Kier molecular flexibility index (Phi) is 4.19. The Morgan fingerprint density at radius 1 is 1.14 bits per heavy atom. The highest BCUT2D eigenvalue weighted by Gasteiger charge is 2.30. The van der Waals surface area contributed by atoms with Crippen molar-refractivity contribution in [3.8, 4) is 0 Å². The highest BCUT2D eigenvalue weighted by molar-refractivity contribution is 7.91. The van der Waals surface area contributed by atoms with Crippen LogP contribution in [-0.4, -0.2) is 41.9 Å². The van der Waals surface area contributed by atoms with Crippen LogP contribution in [0.4, 0.5) is 5.13 Å². The van der Waals surface area contributed by atoms with Gasteiger partial charge in [0, 0.05) is 18.7 Å². The number of nitrogens with one attached hydrogen (secondary N) is 1. The summed E-state index contributed by atoms with van der Waals surface area (Å²) >= 11 is 0.866. The lowest BCUT2D eigenvalue weighted by Crippen LogP contribution is -2.27. The molecule has 0 bridgehead atoms. The summed E-state index contributed by atoms with van der Waals surface area (Å²) < 4.78 is 26.0. The molecule has 1 amide bonds. The fourth-order valence-electron chi connectivity index (χ4n) is 2.16. The summed E-state index contributed by atoms with van der Waals surface area (Å²) in [7, 11) is -3.59. The molecule has 0 radical (unpaired) electrons. The van der Waals surface area contributed by atoms with E-state index in [-0.39, 0.29) is 15.4 Å². The molecular formula is C13H14N4O3S2. The molecule has 1 aromatic carbocycles. The van der Waals surface area contributed by atoms with Crippen molar-refractivity contribution in [1.29, 1.82) is 0 Å². The summed E-state index contributed by atoms with van der Waals surface area (Å²) in [4.78, 5) is 12.0. The van der Waals surface area contributed by atoms with Gasteiger partial charge in [-0.1, -0.05) is 29.5 Å². The maximum absolute atomic E-state index is 12.3. The van der Waals surface area contributed by atoms with Gasteiger partial charge in [0.2, 0.25) is 9.47 Å². The molecule has 22 heavy (non-hydrogen) atoms. The molecule has 116 valence electrons. The Morgan fingerprint density at radius 2 is 1.82 bits per heavy atom. The molecule has 1 fully saturated rings. The summed E-state index contributed by atoms with van der Waals surface area (Å²) in [6.07, 6.45) is 1.71. The minimum Gasteiger partial charge on any atom is -0.296 e. The van der Waals surface area contributed by atoms with Gasteiger partial charge in [0.1, 0.15) is 0 Å². The van der Waals surface area contributed by atoms with Gasteiger partial charge in [-0.2, -0.15) is 4.31 Å². The van der Waals surface area contributed by atoms with Gasteiger partial charge in [-0.05, 0) is 25.0 Å². The second-order valence-corrected chi connectivity index (χ2v) is 7.89. The Morgan fingerprint density at radius 3 is 2.50 bits per heavy atom. The third-order valence-electron chi connectivity index (χ3n) is 3.29. The zero-order chi connectivity index (χ0) is 15.6. The first-order chi connectivity index (χ1) is 10.6. The Hall–Kier alpha value is -1.84. The summed E-state index contributed by atoms with van der Waals surface area (Å²) in [5.41, 5.74) is 0.474. The molecule has 0 atom stereocenters. The molecule has 0 aliphatic carbocycles. The standard InChI is InChI=1S/C13H14N4O3S2/c18-11(10-6-2-1-3-7-10)14-12-15-16-13(21-12)22(19,20)17-8-4-5-9-17/h1-3,6-7H,4-5,8-9H2,(H,14,15,18). The number of hydrogen-bond acceptors (Lipinski definition) is 6. The van der Waals surface area contributed by atoms with Crippen LogP contribution in [0.15, 0.2) is 34.7 Å². The first-order valence-corrected chi connectivity index (χ1v) is 9.03. The highest BCUT2D eigenvalue weighted by atomic mass is 32.2. The summed E-state index contributed by atoms with van der Waals surface area (Å²) in [5, 5.41) is 10.2. The van der Waals surface area contributed by atoms with Crippen LogP contribution in [0.2, 0.25) is 0 Å². The molecule has 0 saturated carbocycles. The average molecular weight is 338 g/mol. The summed E-state index contributed by atoms with van der Waals surface area (Å²) in [6.45, 7) is 1.02. The van der Waals surface area contributed by atoms with Crippen LogP contribution in [-0.2, 0) is 10.0 Å². The molecular weight excluding hydrogens is 324 g/mol. The van der Waals surface area contributed by atoms with Crippen LogP contribution in [0.5, 0.6) is 0 Å². The average Bonchev–Trinajstić information content (AvgIpc) is 3.20. The third-order valence-corrected chi connectivity index (χ3v) is 6.37. The van der Waals surface area contributed by atoms with Gasteiger partial charge in [0.25, 0.3) is 15.9 Å². The number of aromatic nitrogens is 2. The van der Waals surface area contributed by atoms with Gasteiger partial charge < -0.3 is 0 Å². The van der Waals surface area contributed by atoms with E-state index in [1.165, 1.54) is 4.31 Å². The second-order valence-electron chi connectivity index (χ2n) is 4.80. The first-order valence-electron chi connectivity index (χ1n) is 6.77. The first kappa shape index (κ1) is 15.1. The van der Waals surface area contributed by atoms with E-state index in [4.69, 9.17) is 0 Å². The molecule has 1 saturated heterocycles. The van der Waals surface area contributed by atoms with Gasteiger partial charge in [0.15, 0.2) is 0 Å². The van der Waals surface area contributed by atoms with Gasteiger partial charge in [0.05, 0.1) is 0 Å². The lowest BCUT2D eigenvalue weighted by molar-refractivity contribution is 0.102. The number of carbonyl (C=O) groups is 1. The zero-order valence-electron chi connectivity index (χ0n) is 11.6. The lowest BCUT2D eigenvalue weighted by atomic mass is 10.2. The van der Waals surface area contributed by atoms with Crippen molar-refractivity contribution in [2.45, 2.75) is 17.2 Å². The van der Waals surface area contributed by atoms with E-state index < -0.39 is 10.0 Å². The van der Waals surface area contributed by atoms with E-state index in [1.54, 1.807) is 24.3 Å². The van der Waals surface area contributed by atoms with Gasteiger partial charge >= 0.3 is 0 Å². The van der Waals surface area contributed by atoms with E-state index in [1.807, 2.05) is 6.07 Å². The van der Waals surface area contributed by atoms with Crippen molar-refractivity contribution >= 4 is 32.4 Å². The molecule has 3 rings (SSSR count). The van der Waals surface area contributed by atoms with Gasteiger partial charge in [-0.3, -0.25) is 10.1 Å². The van der Waals surface area contributed by atoms with Crippen molar-refractivity contribution in [2.75, 3.05) is 18.4 Å². The van der Waals surface area contributed by atoms with Crippen LogP contribution in [0.3, 0.4) is 0 Å². The second kappa shape index (κ2) is 6.11. The normalized spacial score (nSPS) is 15.8. The predicted octanol–water partition coefficient (Wildman–Crippen LogP) is 1.57. The Bertz CT molecular complexity index is 768. The fourth-order valence-corrected chi connectivity index (χ4v) is 4.71. The molecule has 2 heterocycles. The van der Waals surface area contributed by atoms with Gasteiger partial charge in [-0.15, -0.1) is 10.2 Å². The van der Waals surface area contributed by atoms with Crippen LogP contribution in [0.1, 0.15) is 23.2 Å². The topological polar surface area (TPSA) is 92.3 Å². The number of anilines is 1. The van der Waals surface area contributed by atoms with E-state index in [2.05, 4.69) is 15.5 Å². The molecule has 1 N–H and O–H groups in total. The monoisotopic (exact) mass is 338 g/mol. The van der Waals surface area contributed by atoms with Crippen molar-refractivity contribution in [1.82, 2.24) is 14.5 Å². The quantitative estimate of drug-likeness (QED) is 0.854. The predicted molar refractivity (Wildman–Crippen MR) is 82.3 cm³/mol. The minimum absolute atomic E-state index is 0.0854. The number of sulfonamides is 1. The van der Waals surface area contributed by atoms with Crippen LogP contribution in [0.25, 0.3) is 0 Å². The number of rotatable bonds is 4. The molecule has 9 heteroatoms. The third kappa shape index (κ3) is 3.01.